The van der Waals surface area contributed by atoms with E-state index in [-0.39, 0.29) is 27.3 Å². The number of anilines is 3. The lowest BCUT2D eigenvalue weighted by Crippen LogP contribution is -2.56. The summed E-state index contributed by atoms with van der Waals surface area (Å²) in [6, 6.07) is 35.0. The van der Waals surface area contributed by atoms with Gasteiger partial charge in [-0.1, -0.05) is 95.4 Å². The zero-order chi connectivity index (χ0) is 26.1. The molecular formula is C31H20B5N. The van der Waals surface area contributed by atoms with Gasteiger partial charge in [0.15, 0.2) is 0 Å². The number of hydrogen-bond acceptors (Lipinski definition) is 1. The van der Waals surface area contributed by atoms with Crippen molar-refractivity contribution in [2.75, 3.05) is 4.90 Å². The van der Waals surface area contributed by atoms with Crippen molar-refractivity contribution in [1.29, 1.82) is 0 Å². The lowest BCUT2D eigenvalue weighted by Gasteiger charge is -2.33. The van der Waals surface area contributed by atoms with Gasteiger partial charge < -0.3 is 4.90 Å². The van der Waals surface area contributed by atoms with Crippen LogP contribution in [0.25, 0.3) is 22.3 Å². The first-order valence-corrected chi connectivity index (χ1v) is 12.0. The Kier molecular flexibility index (Phi) is 6.93. The molecule has 0 atom stereocenters. The lowest BCUT2D eigenvalue weighted by molar-refractivity contribution is 1.31. The van der Waals surface area contributed by atoms with Gasteiger partial charge in [0, 0.05) is 17.1 Å². The predicted molar refractivity (Wildman–Crippen MR) is 164 cm³/mol. The highest BCUT2D eigenvalue weighted by molar-refractivity contribution is 6.69. The van der Waals surface area contributed by atoms with E-state index in [0.29, 0.717) is 5.69 Å². The molecule has 0 aromatic heterocycles. The van der Waals surface area contributed by atoms with Gasteiger partial charge in [-0.15, -0.1) is 16.4 Å². The Labute approximate surface area is 226 Å². The summed E-state index contributed by atoms with van der Waals surface area (Å²) in [5.74, 6) is 0. The van der Waals surface area contributed by atoms with Gasteiger partial charge in [-0.25, -0.2) is 0 Å². The second-order valence-corrected chi connectivity index (χ2v) is 9.09. The third-order valence-corrected chi connectivity index (χ3v) is 6.58. The van der Waals surface area contributed by atoms with Gasteiger partial charge in [0.2, 0.25) is 0 Å². The molecule has 0 heterocycles. The van der Waals surface area contributed by atoms with Crippen molar-refractivity contribution in [2.45, 2.75) is 6.92 Å². The van der Waals surface area contributed by atoms with E-state index in [1.165, 1.54) is 5.56 Å². The Bertz CT molecular complexity index is 1550. The quantitative estimate of drug-likeness (QED) is 0.365. The molecule has 0 unspecified atom stereocenters. The summed E-state index contributed by atoms with van der Waals surface area (Å²) in [5, 5.41) is 0. The highest BCUT2D eigenvalue weighted by Gasteiger charge is 2.20. The lowest BCUT2D eigenvalue weighted by atomic mass is 9.61. The highest BCUT2D eigenvalue weighted by Crippen LogP contribution is 2.35. The summed E-state index contributed by atoms with van der Waals surface area (Å²) in [7, 11) is 31.7. The van der Waals surface area contributed by atoms with Gasteiger partial charge in [-0.05, 0) is 53.4 Å². The Morgan fingerprint density at radius 2 is 0.946 bits per heavy atom. The van der Waals surface area contributed by atoms with Crippen LogP contribution in [0.3, 0.4) is 0 Å². The van der Waals surface area contributed by atoms with Crippen molar-refractivity contribution in [3.63, 3.8) is 0 Å². The van der Waals surface area contributed by atoms with Crippen LogP contribution in [0.2, 0.25) is 0 Å². The molecule has 1 nitrogen and oxygen atoms in total. The molecule has 0 spiro atoms. The largest absolute Gasteiger partial charge is 0.312 e. The van der Waals surface area contributed by atoms with E-state index in [1.54, 1.807) is 0 Å². The van der Waals surface area contributed by atoms with E-state index in [9.17, 15) is 0 Å². The van der Waals surface area contributed by atoms with Crippen molar-refractivity contribution in [1.82, 2.24) is 0 Å². The fraction of sp³-hybridized carbons (Fsp3) is 0.0323. The van der Waals surface area contributed by atoms with Crippen LogP contribution in [0.5, 0.6) is 0 Å². The number of aryl methyl sites for hydroxylation is 1. The Hall–Kier alpha value is -3.78. The van der Waals surface area contributed by atoms with Gasteiger partial charge in [0.1, 0.15) is 39.2 Å². The van der Waals surface area contributed by atoms with Crippen LogP contribution in [-0.4, -0.2) is 39.2 Å². The molecule has 6 heteroatoms. The van der Waals surface area contributed by atoms with E-state index in [1.807, 2.05) is 47.4 Å². The first-order valence-electron chi connectivity index (χ1n) is 12.0. The summed E-state index contributed by atoms with van der Waals surface area (Å²) < 4.78 is 0. The van der Waals surface area contributed by atoms with E-state index in [4.69, 9.17) is 39.2 Å². The minimum Gasteiger partial charge on any atom is -0.312 e. The van der Waals surface area contributed by atoms with Crippen molar-refractivity contribution in [3.8, 4) is 22.3 Å². The van der Waals surface area contributed by atoms with Crippen molar-refractivity contribution >= 4 is 83.6 Å². The van der Waals surface area contributed by atoms with E-state index in [0.717, 1.165) is 33.6 Å². The second kappa shape index (κ2) is 10.3. The molecule has 164 valence electrons. The Balaban J connectivity index is 1.71. The molecular weight excluding hydrogens is 440 g/mol. The van der Waals surface area contributed by atoms with Crippen molar-refractivity contribution in [3.05, 3.63) is 109 Å². The summed E-state index contributed by atoms with van der Waals surface area (Å²) in [4.78, 5) is 1.98. The third-order valence-electron chi connectivity index (χ3n) is 6.58. The van der Waals surface area contributed by atoms with Crippen LogP contribution in [0, 0.1) is 6.92 Å². The van der Waals surface area contributed by atoms with Crippen molar-refractivity contribution < 1.29 is 0 Å². The molecule has 0 saturated carbocycles. The summed E-state index contributed by atoms with van der Waals surface area (Å²) in [6.45, 7) is 2.08. The molecule has 0 bridgehead atoms. The maximum atomic E-state index is 6.54. The van der Waals surface area contributed by atoms with Crippen LogP contribution in [0.15, 0.2) is 103 Å². The normalized spacial score (nSPS) is 10.8. The predicted octanol–water partition coefficient (Wildman–Crippen LogP) is 2.77. The number of hydrogen-bond donors (Lipinski definition) is 0. The molecule has 37 heavy (non-hydrogen) atoms. The first-order chi connectivity index (χ1) is 17.8. The molecule has 0 aliphatic heterocycles. The first kappa shape index (κ1) is 24.9. The van der Waals surface area contributed by atoms with Gasteiger partial charge in [0.25, 0.3) is 0 Å². The van der Waals surface area contributed by atoms with Crippen LogP contribution in [0.4, 0.5) is 17.1 Å². The topological polar surface area (TPSA) is 3.24 Å². The van der Waals surface area contributed by atoms with Crippen LogP contribution >= 0.6 is 0 Å². The summed E-state index contributed by atoms with van der Waals surface area (Å²) >= 11 is 0. The molecule has 0 fully saturated rings. The zero-order valence-electron chi connectivity index (χ0n) is 20.6. The smallest absolute Gasteiger partial charge is 0.115 e. The van der Waals surface area contributed by atoms with E-state index in [2.05, 4.69) is 67.6 Å². The van der Waals surface area contributed by atoms with Gasteiger partial charge in [-0.2, -0.15) is 0 Å². The van der Waals surface area contributed by atoms with Crippen LogP contribution in [0.1, 0.15) is 5.56 Å². The van der Waals surface area contributed by atoms with E-state index < -0.39 is 0 Å². The minimum atomic E-state index is 0.187. The summed E-state index contributed by atoms with van der Waals surface area (Å²) in [6.07, 6.45) is 0. The maximum Gasteiger partial charge on any atom is 0.115 e. The fourth-order valence-corrected chi connectivity index (χ4v) is 4.57. The molecule has 5 aromatic carbocycles. The summed E-state index contributed by atoms with van der Waals surface area (Å²) in [5.41, 5.74) is 8.93. The highest BCUT2D eigenvalue weighted by atomic mass is 15.1. The molecule has 5 rings (SSSR count). The minimum absolute atomic E-state index is 0.187. The maximum absolute atomic E-state index is 6.54. The molecule has 5 aromatic rings. The standard InChI is InChI=1S/C31H20B5N/c1-19-7-5-10-22(17-19)23-11-6-12-25(18-23)37(31-29(35)27(33)26(32)28(34)30(31)36)24-15-13-21(14-16-24)20-8-3-2-4-9-20/h2-18H,1H3. The number of rotatable bonds is 5. The average molecular weight is 461 g/mol. The van der Waals surface area contributed by atoms with Crippen molar-refractivity contribution in [2.24, 2.45) is 0 Å². The monoisotopic (exact) mass is 461 g/mol. The molecule has 0 aliphatic carbocycles. The molecule has 0 amide bonds. The molecule has 0 N–H and O–H groups in total. The Morgan fingerprint density at radius 1 is 0.432 bits per heavy atom. The van der Waals surface area contributed by atoms with Gasteiger partial charge in [0.05, 0.1) is 0 Å². The second-order valence-electron chi connectivity index (χ2n) is 9.09. The third kappa shape index (κ3) is 4.81. The van der Waals surface area contributed by atoms with Gasteiger partial charge >= 0.3 is 0 Å². The number of nitrogens with zero attached hydrogens (tertiary/aromatic N) is 1. The van der Waals surface area contributed by atoms with Crippen LogP contribution < -0.4 is 32.2 Å². The Morgan fingerprint density at radius 3 is 1.57 bits per heavy atom. The zero-order valence-corrected chi connectivity index (χ0v) is 20.6. The fourth-order valence-electron chi connectivity index (χ4n) is 4.57. The van der Waals surface area contributed by atoms with Crippen LogP contribution in [-0.2, 0) is 0 Å². The molecule has 0 saturated heterocycles. The molecule has 10 radical (unpaired) electrons. The SMILES string of the molecule is [B]c1c([B])c([B])c(N(c2ccc(-c3ccccc3)cc2)c2cccc(-c3cccc(C)c3)c2)c([B])c1[B]. The van der Waals surface area contributed by atoms with Gasteiger partial charge in [-0.3, -0.25) is 0 Å². The molecule has 0 aliphatic rings. The van der Waals surface area contributed by atoms with E-state index >= 15 is 0 Å². The average Bonchev–Trinajstić information content (AvgIpc) is 2.94. The number of benzene rings is 5.